The van der Waals surface area contributed by atoms with Crippen LogP contribution in [0.2, 0.25) is 5.02 Å². The van der Waals surface area contributed by atoms with Gasteiger partial charge in [0.15, 0.2) is 0 Å². The minimum Gasteiger partial charge on any atom is -0.383 e. The first-order valence-electron chi connectivity index (χ1n) is 7.09. The fraction of sp³-hybridized carbons (Fsp3) is 0.133. The minimum atomic E-state index is -0.652. The van der Waals surface area contributed by atoms with Gasteiger partial charge in [0.05, 0.1) is 9.85 Å². The summed E-state index contributed by atoms with van der Waals surface area (Å²) in [6, 6.07) is 9.55. The molecule has 0 saturated carbocycles. The van der Waals surface area contributed by atoms with E-state index in [1.165, 1.54) is 30.3 Å². The molecule has 0 saturated heterocycles. The maximum atomic E-state index is 12.1. The predicted octanol–water partition coefficient (Wildman–Crippen LogP) is 3.00. The number of halogens is 1. The molecule has 0 radical (unpaired) electrons. The van der Waals surface area contributed by atoms with Crippen LogP contribution in [-0.2, 0) is 0 Å². The molecule has 0 aliphatic rings. The third kappa shape index (κ3) is 4.88. The monoisotopic (exact) mass is 364 g/mol. The highest BCUT2D eigenvalue weighted by atomic mass is 35.5. The van der Waals surface area contributed by atoms with Crippen LogP contribution < -0.4 is 10.6 Å². The molecule has 9 nitrogen and oxygen atoms in total. The minimum absolute atomic E-state index is 0.0212. The number of benzene rings is 2. The second-order valence-corrected chi connectivity index (χ2v) is 5.34. The van der Waals surface area contributed by atoms with E-state index in [0.717, 1.165) is 0 Å². The Kier molecular flexibility index (Phi) is 5.85. The van der Waals surface area contributed by atoms with Crippen LogP contribution in [0.3, 0.4) is 0 Å². The van der Waals surface area contributed by atoms with Gasteiger partial charge in [0.2, 0.25) is 0 Å². The summed E-state index contributed by atoms with van der Waals surface area (Å²) in [5.41, 5.74) is 0.179. The molecule has 0 aromatic heterocycles. The van der Waals surface area contributed by atoms with Gasteiger partial charge in [-0.1, -0.05) is 11.6 Å². The van der Waals surface area contributed by atoms with Gasteiger partial charge in [-0.3, -0.25) is 25.0 Å². The van der Waals surface area contributed by atoms with Gasteiger partial charge in [-0.05, 0) is 24.3 Å². The average Bonchev–Trinajstić information content (AvgIpc) is 2.58. The van der Waals surface area contributed by atoms with Crippen LogP contribution in [-0.4, -0.2) is 28.8 Å². The molecular weight excluding hydrogens is 352 g/mol. The Bertz CT molecular complexity index is 810. The number of carbonyl (C=O) groups excluding carboxylic acids is 1. The molecule has 2 aromatic rings. The Morgan fingerprint density at radius 1 is 1.00 bits per heavy atom. The molecular formula is C15H13ClN4O5. The Labute approximate surface area is 146 Å². The third-order valence-corrected chi connectivity index (χ3v) is 3.45. The smallest absolute Gasteiger partial charge is 0.282 e. The molecule has 10 heteroatoms. The SMILES string of the molecule is O=C(NCCNc1ccc([N+](=O)[O-])cc1)c1cc(Cl)ccc1[N+](=O)[O-]. The van der Waals surface area contributed by atoms with Gasteiger partial charge >= 0.3 is 0 Å². The Morgan fingerprint density at radius 3 is 2.28 bits per heavy atom. The summed E-state index contributed by atoms with van der Waals surface area (Å²) in [7, 11) is 0. The highest BCUT2D eigenvalue weighted by molar-refractivity contribution is 6.31. The Balaban J connectivity index is 1.89. The van der Waals surface area contributed by atoms with E-state index in [1.54, 1.807) is 12.1 Å². The molecule has 0 aliphatic carbocycles. The topological polar surface area (TPSA) is 127 Å². The first kappa shape index (κ1) is 18.1. The lowest BCUT2D eigenvalue weighted by Gasteiger charge is -2.08. The van der Waals surface area contributed by atoms with E-state index in [0.29, 0.717) is 12.2 Å². The number of carbonyl (C=O) groups is 1. The summed E-state index contributed by atoms with van der Waals surface area (Å²) >= 11 is 5.78. The fourth-order valence-corrected chi connectivity index (χ4v) is 2.20. The van der Waals surface area contributed by atoms with Crippen molar-refractivity contribution >= 4 is 34.6 Å². The fourth-order valence-electron chi connectivity index (χ4n) is 2.03. The van der Waals surface area contributed by atoms with Crippen LogP contribution >= 0.6 is 11.6 Å². The number of nitrogens with one attached hydrogen (secondary N) is 2. The van der Waals surface area contributed by atoms with Gasteiger partial charge < -0.3 is 10.6 Å². The largest absolute Gasteiger partial charge is 0.383 e. The maximum absolute atomic E-state index is 12.1. The molecule has 130 valence electrons. The molecule has 0 unspecified atom stereocenters. The van der Waals surface area contributed by atoms with Crippen molar-refractivity contribution < 1.29 is 14.6 Å². The molecule has 0 atom stereocenters. The molecule has 1 amide bonds. The standard InChI is InChI=1S/C15H13ClN4O5/c16-10-1-6-14(20(24)25)13(9-10)15(21)18-8-7-17-11-2-4-12(5-3-11)19(22)23/h1-6,9,17H,7-8H2,(H,18,21). The zero-order valence-corrected chi connectivity index (χ0v) is 13.5. The highest BCUT2D eigenvalue weighted by Gasteiger charge is 2.20. The van der Waals surface area contributed by atoms with Crippen molar-refractivity contribution in [2.45, 2.75) is 0 Å². The summed E-state index contributed by atoms with van der Waals surface area (Å²) < 4.78 is 0. The second kappa shape index (κ2) is 8.06. The van der Waals surface area contributed by atoms with Gasteiger partial charge in [-0.2, -0.15) is 0 Å². The van der Waals surface area contributed by atoms with Crippen molar-refractivity contribution in [3.8, 4) is 0 Å². The number of nitro benzene ring substituents is 2. The van der Waals surface area contributed by atoms with Gasteiger partial charge in [0.1, 0.15) is 5.56 Å². The number of nitrogens with zero attached hydrogens (tertiary/aromatic N) is 2. The summed E-state index contributed by atoms with van der Waals surface area (Å²) in [5, 5.41) is 27.3. The van der Waals surface area contributed by atoms with Gasteiger partial charge in [0, 0.05) is 42.0 Å². The zero-order chi connectivity index (χ0) is 18.4. The molecule has 0 fully saturated rings. The molecule has 0 bridgehead atoms. The van der Waals surface area contributed by atoms with Crippen LogP contribution in [0, 0.1) is 20.2 Å². The van der Waals surface area contributed by atoms with Crippen LogP contribution in [0.1, 0.15) is 10.4 Å². The average molecular weight is 365 g/mol. The molecule has 2 aromatic carbocycles. The predicted molar refractivity (Wildman–Crippen MR) is 92.0 cm³/mol. The number of amides is 1. The molecule has 2 N–H and O–H groups in total. The van der Waals surface area contributed by atoms with E-state index in [9.17, 15) is 25.0 Å². The van der Waals surface area contributed by atoms with Crippen LogP contribution in [0.5, 0.6) is 0 Å². The van der Waals surface area contributed by atoms with Crippen molar-refractivity contribution in [1.29, 1.82) is 0 Å². The lowest BCUT2D eigenvalue weighted by molar-refractivity contribution is -0.385. The van der Waals surface area contributed by atoms with Crippen LogP contribution in [0.25, 0.3) is 0 Å². The first-order chi connectivity index (χ1) is 11.9. The number of hydrogen-bond donors (Lipinski definition) is 2. The molecule has 0 aliphatic heterocycles. The number of hydrogen-bond acceptors (Lipinski definition) is 6. The van der Waals surface area contributed by atoms with Crippen molar-refractivity contribution in [2.75, 3.05) is 18.4 Å². The first-order valence-corrected chi connectivity index (χ1v) is 7.47. The zero-order valence-electron chi connectivity index (χ0n) is 12.8. The summed E-state index contributed by atoms with van der Waals surface area (Å²) in [6.45, 7) is 0.525. The van der Waals surface area contributed by atoms with Crippen LogP contribution in [0.15, 0.2) is 42.5 Å². The normalized spacial score (nSPS) is 10.1. The van der Waals surface area contributed by atoms with Crippen molar-refractivity contribution in [3.05, 3.63) is 73.3 Å². The number of anilines is 1. The van der Waals surface area contributed by atoms with Crippen molar-refractivity contribution in [2.24, 2.45) is 0 Å². The molecule has 0 heterocycles. The van der Waals surface area contributed by atoms with E-state index in [-0.39, 0.29) is 28.5 Å². The second-order valence-electron chi connectivity index (χ2n) is 4.91. The maximum Gasteiger partial charge on any atom is 0.282 e. The lowest BCUT2D eigenvalue weighted by Crippen LogP contribution is -2.29. The Hall–Kier alpha value is -3.20. The van der Waals surface area contributed by atoms with Crippen molar-refractivity contribution in [1.82, 2.24) is 5.32 Å². The van der Waals surface area contributed by atoms with Gasteiger partial charge in [-0.15, -0.1) is 0 Å². The summed E-state index contributed by atoms with van der Waals surface area (Å²) in [5.74, 6) is -0.611. The van der Waals surface area contributed by atoms with E-state index >= 15 is 0 Å². The summed E-state index contributed by atoms with van der Waals surface area (Å²) in [6.07, 6.45) is 0. The van der Waals surface area contributed by atoms with E-state index in [1.807, 2.05) is 0 Å². The Morgan fingerprint density at radius 2 is 1.68 bits per heavy atom. The third-order valence-electron chi connectivity index (χ3n) is 3.22. The molecule has 25 heavy (non-hydrogen) atoms. The van der Waals surface area contributed by atoms with Crippen molar-refractivity contribution in [3.63, 3.8) is 0 Å². The number of rotatable bonds is 7. The van der Waals surface area contributed by atoms with Gasteiger partial charge in [0.25, 0.3) is 17.3 Å². The van der Waals surface area contributed by atoms with Crippen LogP contribution in [0.4, 0.5) is 17.1 Å². The lowest BCUT2D eigenvalue weighted by atomic mass is 10.1. The van der Waals surface area contributed by atoms with E-state index < -0.39 is 15.8 Å². The molecule has 0 spiro atoms. The number of non-ortho nitro benzene ring substituents is 1. The number of nitro groups is 2. The highest BCUT2D eigenvalue weighted by Crippen LogP contribution is 2.22. The quantitative estimate of drug-likeness (QED) is 0.441. The van der Waals surface area contributed by atoms with E-state index in [4.69, 9.17) is 11.6 Å². The molecule has 2 rings (SSSR count). The van der Waals surface area contributed by atoms with E-state index in [2.05, 4.69) is 10.6 Å². The van der Waals surface area contributed by atoms with Gasteiger partial charge in [-0.25, -0.2) is 0 Å². The summed E-state index contributed by atoms with van der Waals surface area (Å²) in [4.78, 5) is 32.4.